The van der Waals surface area contributed by atoms with Gasteiger partial charge in [0.25, 0.3) is 0 Å². The standard InChI is InChI=1S/C81H62N6O/c1-79(2)65-37-35-54(43-59(65)62-46-69-61(45-68(62)79)57-27-14-15-30-66(57)80(69)39-16-6-17-40-80)77-86-75(52-25-12-5-13-26-52)83-76(87-77)53-33-31-49(32-34-53)56-28-20-29-58-64-47-70-63(48-71(64)88-72(56)58)60-44-55(36-38-67(60)81(70)41-18-7-19-42-81)78-84-73(50-21-8-3-9-22-50)82-74(85-78)51-23-10-4-11-24-51/h3-5,8-15,20-38,43-48H,6-7,16-19,39-42H2,1-2H3. The highest BCUT2D eigenvalue weighted by molar-refractivity contribution is 6.11. The lowest BCUT2D eigenvalue weighted by atomic mass is 9.67. The van der Waals surface area contributed by atoms with Crippen LogP contribution in [0.5, 0.6) is 0 Å². The van der Waals surface area contributed by atoms with Gasteiger partial charge in [-0.15, -0.1) is 0 Å². The molecule has 5 aliphatic carbocycles. The number of rotatable bonds is 7. The van der Waals surface area contributed by atoms with Gasteiger partial charge in [0.05, 0.1) is 0 Å². The average Bonchev–Trinajstić information content (AvgIpc) is 1.69. The summed E-state index contributed by atoms with van der Waals surface area (Å²) in [5.74, 6) is 3.91. The summed E-state index contributed by atoms with van der Waals surface area (Å²) >= 11 is 0. The van der Waals surface area contributed by atoms with Gasteiger partial charge in [-0.1, -0.05) is 234 Å². The first-order chi connectivity index (χ1) is 43.3. The predicted octanol–water partition coefficient (Wildman–Crippen LogP) is 20.4. The molecule has 0 N–H and O–H groups in total. The van der Waals surface area contributed by atoms with Crippen LogP contribution in [0.2, 0.25) is 0 Å². The highest BCUT2D eigenvalue weighted by Crippen LogP contribution is 2.61. The zero-order valence-corrected chi connectivity index (χ0v) is 49.4. The molecule has 0 saturated heterocycles. The maximum atomic E-state index is 7.11. The zero-order chi connectivity index (χ0) is 58.3. The van der Waals surface area contributed by atoms with Crippen LogP contribution in [0.25, 0.3) is 135 Å². The van der Waals surface area contributed by atoms with Crippen molar-refractivity contribution in [2.45, 2.75) is 94.3 Å². The topological polar surface area (TPSA) is 90.5 Å². The fourth-order valence-electron chi connectivity index (χ4n) is 16.5. The Morgan fingerprint density at radius 1 is 0.273 bits per heavy atom. The molecule has 422 valence electrons. The molecule has 3 aromatic heterocycles. The lowest BCUT2D eigenvalue weighted by molar-refractivity contribution is 0.353. The Hall–Kier alpha value is -9.98. The quantitative estimate of drug-likeness (QED) is 0.157. The minimum Gasteiger partial charge on any atom is -0.455 e. The summed E-state index contributed by atoms with van der Waals surface area (Å²) < 4.78 is 7.11. The molecule has 5 aliphatic rings. The Morgan fingerprint density at radius 3 is 1.24 bits per heavy atom. The molecule has 0 amide bonds. The Kier molecular flexibility index (Phi) is 11.4. The molecule has 0 atom stereocenters. The predicted molar refractivity (Wildman–Crippen MR) is 355 cm³/mol. The van der Waals surface area contributed by atoms with Crippen LogP contribution < -0.4 is 0 Å². The number of furan rings is 1. The van der Waals surface area contributed by atoms with Crippen molar-refractivity contribution in [3.05, 3.63) is 252 Å². The van der Waals surface area contributed by atoms with E-state index in [1.54, 1.807) is 0 Å². The van der Waals surface area contributed by atoms with Crippen LogP contribution >= 0.6 is 0 Å². The molecule has 7 nitrogen and oxygen atoms in total. The van der Waals surface area contributed by atoms with Gasteiger partial charge in [-0.25, -0.2) is 29.9 Å². The van der Waals surface area contributed by atoms with E-state index in [0.29, 0.717) is 34.9 Å². The maximum Gasteiger partial charge on any atom is 0.164 e. The summed E-state index contributed by atoms with van der Waals surface area (Å²) in [5, 5.41) is 2.27. The fraction of sp³-hybridized carbons (Fsp3) is 0.185. The van der Waals surface area contributed by atoms with E-state index in [2.05, 4.69) is 190 Å². The second-order valence-electron chi connectivity index (χ2n) is 25.9. The minimum atomic E-state index is -0.168. The van der Waals surface area contributed by atoms with Crippen LogP contribution in [-0.2, 0) is 16.2 Å². The normalized spacial score (nSPS) is 16.1. The van der Waals surface area contributed by atoms with Crippen molar-refractivity contribution >= 4 is 21.9 Å². The number of para-hydroxylation sites is 1. The maximum absolute atomic E-state index is 7.11. The largest absolute Gasteiger partial charge is 0.455 e. The average molecular weight is 1140 g/mol. The first-order valence-electron chi connectivity index (χ1n) is 31.7. The number of hydrogen-bond acceptors (Lipinski definition) is 7. The highest BCUT2D eigenvalue weighted by Gasteiger charge is 2.47. The molecular formula is C81H62N6O. The summed E-state index contributed by atoms with van der Waals surface area (Å²) in [6, 6.07) is 79.0. The monoisotopic (exact) mass is 1130 g/mol. The Labute approximate surface area is 512 Å². The van der Waals surface area contributed by atoms with E-state index in [1.165, 1.54) is 118 Å². The third kappa shape index (κ3) is 7.75. The molecule has 18 rings (SSSR count). The number of nitrogens with zero attached hydrogens (tertiary/aromatic N) is 6. The van der Waals surface area contributed by atoms with Gasteiger partial charge < -0.3 is 4.42 Å². The second-order valence-corrected chi connectivity index (χ2v) is 25.9. The molecule has 2 fully saturated rings. The van der Waals surface area contributed by atoms with Crippen molar-refractivity contribution in [3.8, 4) is 113 Å². The molecule has 88 heavy (non-hydrogen) atoms. The van der Waals surface area contributed by atoms with E-state index in [1.807, 2.05) is 42.5 Å². The molecule has 0 aliphatic heterocycles. The molecule has 2 spiro atoms. The van der Waals surface area contributed by atoms with E-state index < -0.39 is 0 Å². The van der Waals surface area contributed by atoms with Crippen LogP contribution in [0.3, 0.4) is 0 Å². The van der Waals surface area contributed by atoms with Gasteiger partial charge in [0, 0.05) is 66.0 Å². The first-order valence-corrected chi connectivity index (χ1v) is 31.7. The van der Waals surface area contributed by atoms with E-state index in [4.69, 9.17) is 34.3 Å². The summed E-state index contributed by atoms with van der Waals surface area (Å²) in [4.78, 5) is 31.1. The Bertz CT molecular complexity index is 4940. The third-order valence-electron chi connectivity index (χ3n) is 20.8. The molecule has 13 aromatic rings. The van der Waals surface area contributed by atoms with Gasteiger partial charge in [0.1, 0.15) is 11.2 Å². The van der Waals surface area contributed by atoms with Gasteiger partial charge in [-0.3, -0.25) is 0 Å². The molecule has 3 heterocycles. The number of hydrogen-bond donors (Lipinski definition) is 0. The van der Waals surface area contributed by atoms with Crippen LogP contribution in [0.15, 0.2) is 223 Å². The molecule has 10 aromatic carbocycles. The van der Waals surface area contributed by atoms with E-state index >= 15 is 0 Å². The molecule has 2 saturated carbocycles. The lowest BCUT2D eigenvalue weighted by Crippen LogP contribution is -2.28. The molecule has 7 heteroatoms. The zero-order valence-electron chi connectivity index (χ0n) is 49.4. The minimum absolute atomic E-state index is 0.0749. The van der Waals surface area contributed by atoms with Crippen molar-refractivity contribution in [1.82, 2.24) is 29.9 Å². The molecule has 0 radical (unpaired) electrons. The highest BCUT2D eigenvalue weighted by atomic mass is 16.3. The molecular weight excluding hydrogens is 1070 g/mol. The van der Waals surface area contributed by atoms with Gasteiger partial charge >= 0.3 is 0 Å². The van der Waals surface area contributed by atoms with Crippen molar-refractivity contribution in [1.29, 1.82) is 0 Å². The number of aromatic nitrogens is 6. The van der Waals surface area contributed by atoms with Crippen molar-refractivity contribution in [3.63, 3.8) is 0 Å². The number of fused-ring (bicyclic) bond motifs is 16. The van der Waals surface area contributed by atoms with E-state index in [-0.39, 0.29) is 16.2 Å². The first kappa shape index (κ1) is 51.3. The molecule has 0 unspecified atom stereocenters. The Morgan fingerprint density at radius 2 is 0.670 bits per heavy atom. The van der Waals surface area contributed by atoms with E-state index in [0.717, 1.165) is 79.3 Å². The lowest BCUT2D eigenvalue weighted by Gasteiger charge is -2.36. The van der Waals surface area contributed by atoms with Crippen LogP contribution in [0.1, 0.15) is 111 Å². The van der Waals surface area contributed by atoms with Crippen molar-refractivity contribution in [2.75, 3.05) is 0 Å². The van der Waals surface area contributed by atoms with Crippen molar-refractivity contribution < 1.29 is 4.42 Å². The van der Waals surface area contributed by atoms with Crippen molar-refractivity contribution in [2.24, 2.45) is 0 Å². The SMILES string of the molecule is CC1(C)c2ccc(-c3nc(-c4ccccc4)nc(-c4ccc(-c5cccc6c5oc5cc7c(cc56)C5(CCCCC5)c5ccc(-c6nc(-c8ccccc8)nc(-c8ccccc8)n6)cc5-7)cc4)n3)cc2-c2cc3c(cc21)-c1ccccc1C31CCCCC1. The van der Waals surface area contributed by atoms with Crippen LogP contribution in [0, 0.1) is 0 Å². The Balaban J connectivity index is 0.715. The van der Waals surface area contributed by atoms with E-state index in [9.17, 15) is 0 Å². The van der Waals surface area contributed by atoms with Crippen LogP contribution in [0.4, 0.5) is 0 Å². The summed E-state index contributed by atoms with van der Waals surface area (Å²) in [5.41, 5.74) is 25.9. The van der Waals surface area contributed by atoms with Gasteiger partial charge in [-0.2, -0.15) is 0 Å². The summed E-state index contributed by atoms with van der Waals surface area (Å²) in [7, 11) is 0. The third-order valence-corrected chi connectivity index (χ3v) is 20.8. The van der Waals surface area contributed by atoms with Crippen LogP contribution in [-0.4, -0.2) is 29.9 Å². The number of benzene rings is 10. The van der Waals surface area contributed by atoms with Gasteiger partial charge in [-0.05, 0) is 134 Å². The summed E-state index contributed by atoms with van der Waals surface area (Å²) in [6.45, 7) is 4.78. The van der Waals surface area contributed by atoms with Gasteiger partial charge in [0.15, 0.2) is 34.9 Å². The fourth-order valence-corrected chi connectivity index (χ4v) is 16.5. The van der Waals surface area contributed by atoms with Gasteiger partial charge in [0.2, 0.25) is 0 Å². The molecule has 0 bridgehead atoms. The summed E-state index contributed by atoms with van der Waals surface area (Å²) in [6.07, 6.45) is 12.1. The second kappa shape index (κ2) is 19.5. The smallest absolute Gasteiger partial charge is 0.164 e.